The summed E-state index contributed by atoms with van der Waals surface area (Å²) < 4.78 is 63.1. The van der Waals surface area contributed by atoms with E-state index in [2.05, 4.69) is 9.97 Å². The lowest BCUT2D eigenvalue weighted by molar-refractivity contribution is -0.910. The maximum Gasteiger partial charge on any atom is 0.416 e. The van der Waals surface area contributed by atoms with E-state index in [1.54, 1.807) is 25.8 Å². The van der Waals surface area contributed by atoms with Gasteiger partial charge in [-0.25, -0.2) is 18.4 Å². The molecule has 164 valence electrons. The molecular formula is C19H23F3N4O3S. The van der Waals surface area contributed by atoms with Gasteiger partial charge in [0.2, 0.25) is 15.0 Å². The molecule has 1 aromatic carbocycles. The minimum atomic E-state index is -4.54. The maximum absolute atomic E-state index is 13.1. The van der Waals surface area contributed by atoms with E-state index in [0.717, 1.165) is 18.4 Å². The first-order valence-electron chi connectivity index (χ1n) is 9.19. The maximum atomic E-state index is 13.1. The van der Waals surface area contributed by atoms with Crippen LogP contribution in [0.4, 0.5) is 19.0 Å². The van der Waals surface area contributed by atoms with E-state index in [1.807, 2.05) is 0 Å². The number of quaternary nitrogens is 1. The van der Waals surface area contributed by atoms with Gasteiger partial charge < -0.3 is 14.8 Å². The Morgan fingerprint density at radius 3 is 2.43 bits per heavy atom. The van der Waals surface area contributed by atoms with Gasteiger partial charge in [0, 0.05) is 17.9 Å². The molecule has 1 aliphatic rings. The number of anilines is 1. The zero-order chi connectivity index (χ0) is 22.5. The first-order chi connectivity index (χ1) is 13.6. The average molecular weight is 444 g/mol. The van der Waals surface area contributed by atoms with Crippen LogP contribution in [-0.4, -0.2) is 61.5 Å². The molecule has 0 saturated carbocycles. The van der Waals surface area contributed by atoms with E-state index >= 15 is 0 Å². The molecule has 0 amide bonds. The largest absolute Gasteiger partial charge is 0.633 e. The fourth-order valence-corrected chi connectivity index (χ4v) is 3.77. The minimum Gasteiger partial charge on any atom is -0.633 e. The standard InChI is InChI=1S/C19H23F3N4O3S/c1-18(2)12-25(8-9-26(18,3)27)16-11-15(23-17(24-16)30(4,28)29)13-6-5-7-14(10-13)19(20,21)22/h5-7,10-11H,8-9,12H2,1-4H3. The number of alkyl halides is 3. The number of nitrogens with zero attached hydrogens (tertiary/aromatic N) is 4. The van der Waals surface area contributed by atoms with Crippen LogP contribution >= 0.6 is 0 Å². The number of hydroxylamine groups is 3. The lowest BCUT2D eigenvalue weighted by Gasteiger charge is -2.56. The van der Waals surface area contributed by atoms with Crippen molar-refractivity contribution in [2.24, 2.45) is 0 Å². The molecule has 0 N–H and O–H groups in total. The summed E-state index contributed by atoms with van der Waals surface area (Å²) in [5, 5.41) is 12.2. The van der Waals surface area contributed by atoms with Gasteiger partial charge in [0.15, 0.2) is 0 Å². The van der Waals surface area contributed by atoms with Gasteiger partial charge in [-0.15, -0.1) is 0 Å². The molecule has 1 aliphatic heterocycles. The first-order valence-corrected chi connectivity index (χ1v) is 11.1. The van der Waals surface area contributed by atoms with Gasteiger partial charge in [0.1, 0.15) is 11.4 Å². The van der Waals surface area contributed by atoms with Crippen molar-refractivity contribution in [3.05, 3.63) is 41.1 Å². The van der Waals surface area contributed by atoms with Crippen molar-refractivity contribution in [3.63, 3.8) is 0 Å². The Morgan fingerprint density at radius 1 is 1.20 bits per heavy atom. The van der Waals surface area contributed by atoms with Crippen LogP contribution < -0.4 is 4.90 Å². The Kier molecular flexibility index (Phi) is 5.37. The van der Waals surface area contributed by atoms with E-state index in [0.29, 0.717) is 13.1 Å². The van der Waals surface area contributed by atoms with Gasteiger partial charge >= 0.3 is 6.18 Å². The lowest BCUT2D eigenvalue weighted by atomic mass is 9.98. The van der Waals surface area contributed by atoms with Crippen LogP contribution in [0.2, 0.25) is 0 Å². The summed E-state index contributed by atoms with van der Waals surface area (Å²) in [5.41, 5.74) is -1.36. The van der Waals surface area contributed by atoms with Crippen LogP contribution in [0.5, 0.6) is 0 Å². The first kappa shape index (κ1) is 22.4. The van der Waals surface area contributed by atoms with Crippen LogP contribution in [0.25, 0.3) is 11.3 Å². The Labute approximate surface area is 173 Å². The molecule has 0 radical (unpaired) electrons. The SMILES string of the molecule is CC1(C)CN(c2cc(-c3cccc(C(F)(F)F)c3)nc(S(C)(=O)=O)n2)CC[N+]1(C)[O-]. The molecule has 0 spiro atoms. The number of halogens is 3. The van der Waals surface area contributed by atoms with Gasteiger partial charge in [-0.05, 0) is 26.0 Å². The number of aromatic nitrogens is 2. The third-order valence-corrected chi connectivity index (χ3v) is 6.33. The second-order valence-electron chi connectivity index (χ2n) is 8.30. The lowest BCUT2D eigenvalue weighted by Crippen LogP contribution is -2.66. The van der Waals surface area contributed by atoms with Crippen molar-refractivity contribution in [1.29, 1.82) is 0 Å². The van der Waals surface area contributed by atoms with Crippen LogP contribution in [0.3, 0.4) is 0 Å². The highest BCUT2D eigenvalue weighted by molar-refractivity contribution is 7.90. The topological polar surface area (TPSA) is 86.2 Å². The van der Waals surface area contributed by atoms with Gasteiger partial charge in [0.25, 0.3) is 0 Å². The second-order valence-corrected chi connectivity index (χ2v) is 10.2. The number of benzene rings is 1. The normalized spacial score (nSPS) is 22.2. The monoisotopic (exact) mass is 444 g/mol. The van der Waals surface area contributed by atoms with Crippen molar-refractivity contribution in [2.75, 3.05) is 37.8 Å². The summed E-state index contributed by atoms with van der Waals surface area (Å²) in [6, 6.07) is 5.98. The zero-order valence-corrected chi connectivity index (χ0v) is 17.9. The molecule has 0 bridgehead atoms. The summed E-state index contributed by atoms with van der Waals surface area (Å²) in [4.78, 5) is 9.90. The number of sulfone groups is 1. The van der Waals surface area contributed by atoms with Crippen molar-refractivity contribution < 1.29 is 26.2 Å². The number of hydrogen-bond acceptors (Lipinski definition) is 6. The van der Waals surface area contributed by atoms with Crippen molar-refractivity contribution in [2.45, 2.75) is 30.7 Å². The molecule has 1 saturated heterocycles. The molecule has 1 fully saturated rings. The Morgan fingerprint density at radius 2 is 1.87 bits per heavy atom. The molecule has 2 aromatic rings. The predicted molar refractivity (Wildman–Crippen MR) is 106 cm³/mol. The summed E-state index contributed by atoms with van der Waals surface area (Å²) in [6.45, 7) is 4.49. The van der Waals surface area contributed by atoms with Crippen LogP contribution in [0, 0.1) is 5.21 Å². The molecule has 7 nitrogen and oxygen atoms in total. The predicted octanol–water partition coefficient (Wildman–Crippen LogP) is 3.11. The van der Waals surface area contributed by atoms with E-state index in [9.17, 15) is 26.8 Å². The fraction of sp³-hybridized carbons (Fsp3) is 0.474. The average Bonchev–Trinajstić information content (AvgIpc) is 2.62. The quantitative estimate of drug-likeness (QED) is 0.411. The smallest absolute Gasteiger partial charge is 0.416 e. The molecule has 1 aromatic heterocycles. The molecule has 1 atom stereocenters. The van der Waals surface area contributed by atoms with Crippen molar-refractivity contribution in [3.8, 4) is 11.3 Å². The Hall–Kier alpha value is -2.24. The van der Waals surface area contributed by atoms with E-state index in [4.69, 9.17) is 0 Å². The number of likely N-dealkylation sites (N-methyl/N-ethyl adjacent to an activating group) is 1. The molecule has 30 heavy (non-hydrogen) atoms. The van der Waals surface area contributed by atoms with E-state index in [-0.39, 0.29) is 23.6 Å². The summed E-state index contributed by atoms with van der Waals surface area (Å²) in [5.74, 6) is 0.255. The summed E-state index contributed by atoms with van der Waals surface area (Å²) in [7, 11) is -2.24. The Balaban J connectivity index is 2.11. The molecule has 0 aliphatic carbocycles. The third-order valence-electron chi connectivity index (χ3n) is 5.49. The number of hydrogen-bond donors (Lipinski definition) is 0. The number of rotatable bonds is 3. The summed E-state index contributed by atoms with van der Waals surface area (Å²) >= 11 is 0. The molecular weight excluding hydrogens is 421 g/mol. The van der Waals surface area contributed by atoms with E-state index in [1.165, 1.54) is 18.2 Å². The summed E-state index contributed by atoms with van der Waals surface area (Å²) in [6.07, 6.45) is -3.60. The van der Waals surface area contributed by atoms with Crippen molar-refractivity contribution >= 4 is 15.7 Å². The van der Waals surface area contributed by atoms with Crippen LogP contribution in [0.1, 0.15) is 19.4 Å². The molecule has 3 rings (SSSR count). The van der Waals surface area contributed by atoms with Gasteiger partial charge in [-0.2, -0.15) is 13.2 Å². The van der Waals surface area contributed by atoms with Crippen LogP contribution in [-0.2, 0) is 16.0 Å². The van der Waals surface area contributed by atoms with Gasteiger partial charge in [-0.3, -0.25) is 0 Å². The zero-order valence-electron chi connectivity index (χ0n) is 17.1. The van der Waals surface area contributed by atoms with Crippen molar-refractivity contribution in [1.82, 2.24) is 9.97 Å². The third kappa shape index (κ3) is 4.42. The molecule has 2 heterocycles. The molecule has 11 heteroatoms. The minimum absolute atomic E-state index is 0.0641. The molecule has 1 unspecified atom stereocenters. The van der Waals surface area contributed by atoms with Gasteiger partial charge in [-0.1, -0.05) is 12.1 Å². The van der Waals surface area contributed by atoms with Gasteiger partial charge in [0.05, 0.1) is 37.9 Å². The second kappa shape index (κ2) is 7.17. The number of piperazine rings is 1. The van der Waals surface area contributed by atoms with Crippen LogP contribution in [0.15, 0.2) is 35.5 Å². The highest BCUT2D eigenvalue weighted by Gasteiger charge is 2.40. The highest BCUT2D eigenvalue weighted by Crippen LogP contribution is 2.34. The fourth-order valence-electron chi connectivity index (χ4n) is 3.25. The Bertz CT molecular complexity index is 1070. The highest BCUT2D eigenvalue weighted by atomic mass is 32.2. The van der Waals surface area contributed by atoms with E-state index < -0.39 is 36.9 Å².